The summed E-state index contributed by atoms with van der Waals surface area (Å²) in [7, 11) is -0.471. The maximum absolute atomic E-state index is 10.1. The normalized spacial score (nSPS) is 13.1. The molecule has 1 nitrogen and oxygen atoms in total. The molecule has 15 heavy (non-hydrogen) atoms. The van der Waals surface area contributed by atoms with Gasteiger partial charge in [-0.2, -0.15) is 0 Å². The van der Waals surface area contributed by atoms with Gasteiger partial charge in [0.2, 0.25) is 0 Å². The van der Waals surface area contributed by atoms with Crippen LogP contribution in [0, 0.1) is 0 Å². The molecule has 0 aromatic heterocycles. The third-order valence-corrected chi connectivity index (χ3v) is 4.22. The van der Waals surface area contributed by atoms with Crippen molar-refractivity contribution < 1.29 is 5.11 Å². The molecule has 1 unspecified atom stereocenters. The lowest BCUT2D eigenvalue weighted by atomic mass is 10.0. The summed E-state index contributed by atoms with van der Waals surface area (Å²) >= 11 is 0. The summed E-state index contributed by atoms with van der Waals surface area (Å²) in [6.45, 7) is 6.71. The third-order valence-electron chi connectivity index (χ3n) is 2.69. The van der Waals surface area contributed by atoms with Crippen molar-refractivity contribution in [1.29, 1.82) is 0 Å². The Hall–Kier alpha value is -0.603. The third kappa shape index (κ3) is 3.47. The topological polar surface area (TPSA) is 20.2 Å². The molecule has 0 spiro atoms. The highest BCUT2D eigenvalue weighted by atomic mass is 28.3. The fourth-order valence-corrected chi connectivity index (χ4v) is 3.05. The van der Waals surface area contributed by atoms with Crippen molar-refractivity contribution in [2.75, 3.05) is 0 Å². The second-order valence-corrected chi connectivity index (χ2v) is 6.78. The van der Waals surface area contributed by atoms with E-state index in [1.807, 2.05) is 6.07 Å². The van der Waals surface area contributed by atoms with Crippen molar-refractivity contribution in [1.82, 2.24) is 0 Å². The first kappa shape index (κ1) is 12.5. The van der Waals surface area contributed by atoms with E-state index in [0.29, 0.717) is 0 Å². The highest BCUT2D eigenvalue weighted by Crippen LogP contribution is 2.17. The van der Waals surface area contributed by atoms with E-state index >= 15 is 0 Å². The van der Waals surface area contributed by atoms with Crippen LogP contribution in [0.2, 0.25) is 13.1 Å². The maximum Gasteiger partial charge on any atom is 0.0796 e. The van der Waals surface area contributed by atoms with E-state index in [-0.39, 0.29) is 6.10 Å². The van der Waals surface area contributed by atoms with Gasteiger partial charge in [0, 0.05) is 0 Å². The van der Waals surface area contributed by atoms with Gasteiger partial charge in [-0.1, -0.05) is 62.3 Å². The summed E-state index contributed by atoms with van der Waals surface area (Å²) in [5.74, 6) is 0. The molecule has 0 saturated carbocycles. The molecule has 0 heterocycles. The Morgan fingerprint density at radius 3 is 2.53 bits per heavy atom. The van der Waals surface area contributed by atoms with Crippen LogP contribution in [0.1, 0.15) is 37.9 Å². The van der Waals surface area contributed by atoms with E-state index in [1.54, 1.807) is 0 Å². The van der Waals surface area contributed by atoms with Crippen molar-refractivity contribution in [3.05, 3.63) is 29.8 Å². The minimum absolute atomic E-state index is 0.263. The van der Waals surface area contributed by atoms with Gasteiger partial charge >= 0.3 is 0 Å². The van der Waals surface area contributed by atoms with Crippen LogP contribution in [0.5, 0.6) is 0 Å². The van der Waals surface area contributed by atoms with Crippen LogP contribution >= 0.6 is 0 Å². The lowest BCUT2D eigenvalue weighted by molar-refractivity contribution is 0.165. The van der Waals surface area contributed by atoms with Gasteiger partial charge in [0.15, 0.2) is 0 Å². The molecule has 0 saturated heterocycles. The van der Waals surface area contributed by atoms with Crippen LogP contribution in [0.15, 0.2) is 24.3 Å². The SMILES string of the molecule is CCCCC(O)c1ccccc1[Si](C)C. The quantitative estimate of drug-likeness (QED) is 0.758. The molecule has 83 valence electrons. The Balaban J connectivity index is 2.82. The van der Waals surface area contributed by atoms with E-state index < -0.39 is 8.80 Å². The largest absolute Gasteiger partial charge is 0.388 e. The zero-order chi connectivity index (χ0) is 11.3. The average molecular weight is 221 g/mol. The Bertz CT molecular complexity index is 296. The molecule has 1 aromatic carbocycles. The predicted octanol–water partition coefficient (Wildman–Crippen LogP) is 2.87. The first-order chi connectivity index (χ1) is 7.16. The molecule has 1 aromatic rings. The molecular formula is C13H21OSi. The number of unbranched alkanes of at least 4 members (excludes halogenated alkanes) is 1. The lowest BCUT2D eigenvalue weighted by Crippen LogP contribution is -2.28. The van der Waals surface area contributed by atoms with Crippen molar-refractivity contribution in [3.8, 4) is 0 Å². The zero-order valence-electron chi connectivity index (χ0n) is 9.96. The molecule has 0 aliphatic rings. The summed E-state index contributed by atoms with van der Waals surface area (Å²) in [6.07, 6.45) is 2.88. The number of aliphatic hydroxyl groups excluding tert-OH is 1. The highest BCUT2D eigenvalue weighted by Gasteiger charge is 2.13. The van der Waals surface area contributed by atoms with Gasteiger partial charge in [-0.15, -0.1) is 0 Å². The second kappa shape index (κ2) is 6.08. The van der Waals surface area contributed by atoms with Gasteiger partial charge in [-0.05, 0) is 12.0 Å². The van der Waals surface area contributed by atoms with Gasteiger partial charge in [0.05, 0.1) is 14.9 Å². The van der Waals surface area contributed by atoms with E-state index in [1.165, 1.54) is 5.19 Å². The van der Waals surface area contributed by atoms with Crippen LogP contribution in [0.4, 0.5) is 0 Å². The summed E-state index contributed by atoms with van der Waals surface area (Å²) in [5.41, 5.74) is 1.16. The molecule has 1 N–H and O–H groups in total. The van der Waals surface area contributed by atoms with Gasteiger partial charge < -0.3 is 5.11 Å². The van der Waals surface area contributed by atoms with Crippen molar-refractivity contribution in [3.63, 3.8) is 0 Å². The first-order valence-corrected chi connectivity index (χ1v) is 8.24. The average Bonchev–Trinajstić information content (AvgIpc) is 2.25. The van der Waals surface area contributed by atoms with Crippen LogP contribution in [-0.2, 0) is 0 Å². The molecule has 0 amide bonds. The molecule has 1 rings (SSSR count). The van der Waals surface area contributed by atoms with Gasteiger partial charge in [0.25, 0.3) is 0 Å². The van der Waals surface area contributed by atoms with Crippen LogP contribution < -0.4 is 5.19 Å². The molecule has 1 radical (unpaired) electrons. The molecule has 0 bridgehead atoms. The molecule has 1 atom stereocenters. The Morgan fingerprint density at radius 1 is 1.27 bits per heavy atom. The number of hydrogen-bond acceptors (Lipinski definition) is 1. The van der Waals surface area contributed by atoms with E-state index in [2.05, 4.69) is 38.2 Å². The van der Waals surface area contributed by atoms with Crippen LogP contribution in [-0.4, -0.2) is 13.9 Å². The Labute approximate surface area is 94.8 Å². The maximum atomic E-state index is 10.1. The zero-order valence-corrected chi connectivity index (χ0v) is 11.0. The van der Waals surface area contributed by atoms with Gasteiger partial charge in [-0.3, -0.25) is 0 Å². The van der Waals surface area contributed by atoms with E-state index in [0.717, 1.165) is 24.8 Å². The van der Waals surface area contributed by atoms with Crippen molar-refractivity contribution >= 4 is 14.0 Å². The predicted molar refractivity (Wildman–Crippen MR) is 68.0 cm³/mol. The Morgan fingerprint density at radius 2 is 1.93 bits per heavy atom. The smallest absolute Gasteiger partial charge is 0.0796 e. The van der Waals surface area contributed by atoms with Crippen LogP contribution in [0.3, 0.4) is 0 Å². The standard InChI is InChI=1S/C13H21OSi/c1-4-5-9-12(14)11-8-6-7-10-13(11)15(2)3/h6-8,10,12,14H,4-5,9H2,1-3H3. The molecule has 0 fully saturated rings. The summed E-state index contributed by atoms with van der Waals surface area (Å²) < 4.78 is 0. The summed E-state index contributed by atoms with van der Waals surface area (Å²) in [6, 6.07) is 8.34. The fourth-order valence-electron chi connectivity index (χ4n) is 1.80. The van der Waals surface area contributed by atoms with Crippen molar-refractivity contribution in [2.45, 2.75) is 45.4 Å². The lowest BCUT2D eigenvalue weighted by Gasteiger charge is -2.16. The minimum Gasteiger partial charge on any atom is -0.388 e. The number of aliphatic hydroxyl groups is 1. The Kier molecular flexibility index (Phi) is 5.06. The number of rotatable bonds is 5. The first-order valence-electron chi connectivity index (χ1n) is 5.74. The fraction of sp³-hybridized carbons (Fsp3) is 0.538. The summed E-state index contributed by atoms with van der Waals surface area (Å²) in [4.78, 5) is 0. The van der Waals surface area contributed by atoms with Crippen LogP contribution in [0.25, 0.3) is 0 Å². The second-order valence-electron chi connectivity index (χ2n) is 4.25. The summed E-state index contributed by atoms with van der Waals surface area (Å²) in [5, 5.41) is 11.5. The molecule has 0 aliphatic heterocycles. The number of benzene rings is 1. The monoisotopic (exact) mass is 221 g/mol. The van der Waals surface area contributed by atoms with Gasteiger partial charge in [0.1, 0.15) is 0 Å². The molecule has 2 heteroatoms. The minimum atomic E-state index is -0.471. The number of hydrogen-bond donors (Lipinski definition) is 1. The van der Waals surface area contributed by atoms with E-state index in [9.17, 15) is 5.11 Å². The van der Waals surface area contributed by atoms with Gasteiger partial charge in [-0.25, -0.2) is 0 Å². The molecular weight excluding hydrogens is 200 g/mol. The highest BCUT2D eigenvalue weighted by molar-refractivity contribution is 6.71. The van der Waals surface area contributed by atoms with Crippen molar-refractivity contribution in [2.24, 2.45) is 0 Å². The van der Waals surface area contributed by atoms with E-state index in [4.69, 9.17) is 0 Å². The molecule has 0 aliphatic carbocycles.